The van der Waals surface area contributed by atoms with Gasteiger partial charge in [0.05, 0.1) is 16.2 Å². The lowest BCUT2D eigenvalue weighted by Gasteiger charge is -2.28. The number of non-ortho nitro benzene ring substituents is 1. The molecule has 2 heterocycles. The molecule has 1 aliphatic rings. The molecule has 0 radical (unpaired) electrons. The van der Waals surface area contributed by atoms with E-state index < -0.39 is 4.92 Å². The Bertz CT molecular complexity index is 875. The van der Waals surface area contributed by atoms with E-state index >= 15 is 0 Å². The van der Waals surface area contributed by atoms with E-state index in [0.29, 0.717) is 43.0 Å². The summed E-state index contributed by atoms with van der Waals surface area (Å²) in [6, 6.07) is 3.97. The standard InChI is InChI=1S/C17H20N4O4/c1-10(2)16-18-14-5-6-20(9-13(14)17(23)19-16)8-11-7-12(21(24)25)3-4-15(11)22/h3-4,7,10,22H,5-6,8-9H2,1-2H3,(H,18,19,23). The molecule has 0 amide bonds. The van der Waals surface area contributed by atoms with E-state index in [0.717, 1.165) is 5.69 Å². The second kappa shape index (κ2) is 6.64. The molecule has 132 valence electrons. The predicted molar refractivity (Wildman–Crippen MR) is 91.5 cm³/mol. The van der Waals surface area contributed by atoms with Crippen LogP contribution in [0, 0.1) is 10.1 Å². The third kappa shape index (κ3) is 3.53. The van der Waals surface area contributed by atoms with Crippen molar-refractivity contribution in [3.63, 3.8) is 0 Å². The van der Waals surface area contributed by atoms with Gasteiger partial charge in [-0.25, -0.2) is 4.98 Å². The van der Waals surface area contributed by atoms with E-state index in [9.17, 15) is 20.0 Å². The van der Waals surface area contributed by atoms with E-state index in [1.54, 1.807) is 0 Å². The molecule has 1 aliphatic heterocycles. The Kier molecular flexibility index (Phi) is 4.54. The van der Waals surface area contributed by atoms with Crippen LogP contribution in [0.3, 0.4) is 0 Å². The molecule has 8 nitrogen and oxygen atoms in total. The molecule has 0 unspecified atom stereocenters. The first kappa shape index (κ1) is 17.1. The first-order valence-corrected chi connectivity index (χ1v) is 8.15. The lowest BCUT2D eigenvalue weighted by Crippen LogP contribution is -2.36. The molecular formula is C17H20N4O4. The fourth-order valence-corrected chi connectivity index (χ4v) is 2.96. The summed E-state index contributed by atoms with van der Waals surface area (Å²) in [4.78, 5) is 32.1. The normalized spacial score (nSPS) is 14.5. The minimum Gasteiger partial charge on any atom is -0.508 e. The Morgan fingerprint density at radius 2 is 2.20 bits per heavy atom. The molecule has 3 rings (SSSR count). The molecule has 0 bridgehead atoms. The molecule has 25 heavy (non-hydrogen) atoms. The van der Waals surface area contributed by atoms with E-state index in [1.165, 1.54) is 18.2 Å². The number of aromatic hydroxyl groups is 1. The average molecular weight is 344 g/mol. The van der Waals surface area contributed by atoms with Crippen molar-refractivity contribution in [2.45, 2.75) is 39.3 Å². The van der Waals surface area contributed by atoms with Crippen LogP contribution in [0.25, 0.3) is 0 Å². The van der Waals surface area contributed by atoms with Crippen molar-refractivity contribution in [3.05, 3.63) is 61.3 Å². The summed E-state index contributed by atoms with van der Waals surface area (Å²) < 4.78 is 0. The quantitative estimate of drug-likeness (QED) is 0.648. The van der Waals surface area contributed by atoms with Gasteiger partial charge in [-0.15, -0.1) is 0 Å². The first-order chi connectivity index (χ1) is 11.8. The SMILES string of the molecule is CC(C)c1nc2c(c(=O)[nH]1)CN(Cc1cc([N+](=O)[O-])ccc1O)CC2. The van der Waals surface area contributed by atoms with Crippen molar-refractivity contribution in [2.24, 2.45) is 0 Å². The van der Waals surface area contributed by atoms with E-state index in [2.05, 4.69) is 9.97 Å². The molecular weight excluding hydrogens is 324 g/mol. The Morgan fingerprint density at radius 1 is 1.44 bits per heavy atom. The van der Waals surface area contributed by atoms with Gasteiger partial charge in [-0.1, -0.05) is 13.8 Å². The molecule has 8 heteroatoms. The summed E-state index contributed by atoms with van der Waals surface area (Å²) in [5, 5.41) is 20.9. The number of phenolic OH excluding ortho intramolecular Hbond substituents is 1. The third-order valence-corrected chi connectivity index (χ3v) is 4.38. The van der Waals surface area contributed by atoms with Gasteiger partial charge in [0.1, 0.15) is 11.6 Å². The Morgan fingerprint density at radius 3 is 2.88 bits per heavy atom. The van der Waals surface area contributed by atoms with Gasteiger partial charge >= 0.3 is 0 Å². The number of hydrogen-bond donors (Lipinski definition) is 2. The van der Waals surface area contributed by atoms with E-state index in [1.807, 2.05) is 18.7 Å². The number of fused-ring (bicyclic) bond motifs is 1. The van der Waals surface area contributed by atoms with Gasteiger partial charge in [0.2, 0.25) is 0 Å². The molecule has 0 fully saturated rings. The highest BCUT2D eigenvalue weighted by Crippen LogP contribution is 2.26. The number of hydrogen-bond acceptors (Lipinski definition) is 6. The molecule has 0 spiro atoms. The van der Waals surface area contributed by atoms with Gasteiger partial charge in [0.25, 0.3) is 11.2 Å². The van der Waals surface area contributed by atoms with Crippen LogP contribution in [0.4, 0.5) is 5.69 Å². The van der Waals surface area contributed by atoms with Gasteiger partial charge in [0, 0.05) is 49.7 Å². The summed E-state index contributed by atoms with van der Waals surface area (Å²) >= 11 is 0. The zero-order chi connectivity index (χ0) is 18.1. The summed E-state index contributed by atoms with van der Waals surface area (Å²) in [6.45, 7) is 5.36. The number of phenols is 1. The number of nitrogens with zero attached hydrogens (tertiary/aromatic N) is 3. The van der Waals surface area contributed by atoms with Crippen molar-refractivity contribution >= 4 is 5.69 Å². The largest absolute Gasteiger partial charge is 0.508 e. The van der Waals surface area contributed by atoms with Crippen molar-refractivity contribution in [1.82, 2.24) is 14.9 Å². The van der Waals surface area contributed by atoms with Crippen LogP contribution < -0.4 is 5.56 Å². The predicted octanol–water partition coefficient (Wildman–Crippen LogP) is 2.07. The Balaban J connectivity index is 1.83. The Hall–Kier alpha value is -2.74. The molecule has 1 aromatic heterocycles. The summed E-state index contributed by atoms with van der Waals surface area (Å²) in [7, 11) is 0. The topological polar surface area (TPSA) is 112 Å². The summed E-state index contributed by atoms with van der Waals surface area (Å²) in [5.74, 6) is 0.852. The number of nitro benzene ring substituents is 1. The monoisotopic (exact) mass is 344 g/mol. The van der Waals surface area contributed by atoms with Gasteiger partial charge in [0.15, 0.2) is 0 Å². The number of aromatic amines is 1. The fraction of sp³-hybridized carbons (Fsp3) is 0.412. The molecule has 1 aromatic carbocycles. The van der Waals surface area contributed by atoms with E-state index in [4.69, 9.17) is 0 Å². The highest BCUT2D eigenvalue weighted by atomic mass is 16.6. The molecule has 0 saturated heterocycles. The zero-order valence-corrected chi connectivity index (χ0v) is 14.2. The maximum absolute atomic E-state index is 12.3. The lowest BCUT2D eigenvalue weighted by atomic mass is 10.0. The summed E-state index contributed by atoms with van der Waals surface area (Å²) in [6.07, 6.45) is 0.634. The third-order valence-electron chi connectivity index (χ3n) is 4.38. The number of nitrogens with one attached hydrogen (secondary N) is 1. The minimum absolute atomic E-state index is 0.0126. The summed E-state index contributed by atoms with van der Waals surface area (Å²) in [5.41, 5.74) is 1.71. The molecule has 0 atom stereocenters. The van der Waals surface area contributed by atoms with E-state index in [-0.39, 0.29) is 22.9 Å². The van der Waals surface area contributed by atoms with Gasteiger partial charge in [-0.3, -0.25) is 19.8 Å². The highest BCUT2D eigenvalue weighted by molar-refractivity contribution is 5.43. The number of H-pyrrole nitrogens is 1. The maximum Gasteiger partial charge on any atom is 0.270 e. The smallest absolute Gasteiger partial charge is 0.270 e. The van der Waals surface area contributed by atoms with Crippen LogP contribution in [-0.2, 0) is 19.5 Å². The zero-order valence-electron chi connectivity index (χ0n) is 14.2. The number of rotatable bonds is 4. The van der Waals surface area contributed by atoms with Crippen molar-refractivity contribution in [3.8, 4) is 5.75 Å². The highest BCUT2D eigenvalue weighted by Gasteiger charge is 2.23. The van der Waals surface area contributed by atoms with Crippen LogP contribution in [0.15, 0.2) is 23.0 Å². The first-order valence-electron chi connectivity index (χ1n) is 8.15. The number of aromatic nitrogens is 2. The van der Waals surface area contributed by atoms with Crippen molar-refractivity contribution in [1.29, 1.82) is 0 Å². The average Bonchev–Trinajstić information content (AvgIpc) is 2.56. The second-order valence-corrected chi connectivity index (χ2v) is 6.56. The lowest BCUT2D eigenvalue weighted by molar-refractivity contribution is -0.385. The Labute approximate surface area is 144 Å². The molecule has 0 aliphatic carbocycles. The van der Waals surface area contributed by atoms with Crippen LogP contribution in [0.5, 0.6) is 5.75 Å². The van der Waals surface area contributed by atoms with Gasteiger partial charge < -0.3 is 10.1 Å². The van der Waals surface area contributed by atoms with Crippen molar-refractivity contribution in [2.75, 3.05) is 6.54 Å². The molecule has 2 aromatic rings. The van der Waals surface area contributed by atoms with Crippen LogP contribution >= 0.6 is 0 Å². The van der Waals surface area contributed by atoms with Crippen molar-refractivity contribution < 1.29 is 10.0 Å². The fourth-order valence-electron chi connectivity index (χ4n) is 2.96. The van der Waals surface area contributed by atoms with Crippen LogP contribution in [0.1, 0.15) is 42.4 Å². The number of nitro groups is 1. The maximum atomic E-state index is 12.3. The van der Waals surface area contributed by atoms with Crippen LogP contribution in [-0.4, -0.2) is 31.4 Å². The van der Waals surface area contributed by atoms with Crippen LogP contribution in [0.2, 0.25) is 0 Å². The molecule has 0 saturated carbocycles. The number of benzene rings is 1. The molecule has 2 N–H and O–H groups in total. The van der Waals surface area contributed by atoms with Gasteiger partial charge in [-0.05, 0) is 6.07 Å². The van der Waals surface area contributed by atoms with Gasteiger partial charge in [-0.2, -0.15) is 0 Å². The second-order valence-electron chi connectivity index (χ2n) is 6.56. The minimum atomic E-state index is -0.490.